The first kappa shape index (κ1) is 35.3. The molecule has 0 saturated heterocycles. The normalized spacial score (nSPS) is 24.8. The molecule has 5 rings (SSSR count). The first-order valence-electron chi connectivity index (χ1n) is 16.9. The monoisotopic (exact) mass is 706 g/mol. The molecule has 2 spiro atoms. The molecular formula is C37H49Cl3N2OS2. The van der Waals surface area contributed by atoms with Crippen LogP contribution in [0.1, 0.15) is 116 Å². The average Bonchev–Trinajstić information content (AvgIpc) is 3.69. The molecule has 2 N–H and O–H groups in total. The van der Waals surface area contributed by atoms with Crippen LogP contribution in [0, 0.1) is 29.6 Å². The SMILES string of the molecule is C=C1Nc2cc(Cl)c(Cl)cc2SSc2cc(Cl)c(C)cc2NC(=O)C2(CCCC2)CCCC(C)CCC(C)CCC12CCCC2. The molecule has 0 radical (unpaired) electrons. The van der Waals surface area contributed by atoms with Crippen molar-refractivity contribution < 1.29 is 4.79 Å². The number of aryl methyl sites for hydroxylation is 1. The summed E-state index contributed by atoms with van der Waals surface area (Å²) in [6.07, 6.45) is 17.2. The smallest absolute Gasteiger partial charge is 0.230 e. The Morgan fingerprint density at radius 3 is 1.82 bits per heavy atom. The third-order valence-corrected chi connectivity index (χ3v) is 14.5. The highest BCUT2D eigenvalue weighted by Crippen LogP contribution is 2.52. The molecule has 45 heavy (non-hydrogen) atoms. The molecule has 2 aromatic carbocycles. The fourth-order valence-corrected chi connectivity index (χ4v) is 10.6. The summed E-state index contributed by atoms with van der Waals surface area (Å²) in [7, 11) is 3.18. The fraction of sp³-hybridized carbons (Fsp3) is 0.595. The van der Waals surface area contributed by atoms with Crippen molar-refractivity contribution in [2.24, 2.45) is 22.7 Å². The molecule has 8 heteroatoms. The van der Waals surface area contributed by atoms with Gasteiger partial charge in [-0.2, -0.15) is 0 Å². The Kier molecular flexibility index (Phi) is 12.2. The van der Waals surface area contributed by atoms with Gasteiger partial charge in [0.1, 0.15) is 0 Å². The molecule has 1 aliphatic heterocycles. The average molecular weight is 708 g/mol. The van der Waals surface area contributed by atoms with Crippen LogP contribution in [0.25, 0.3) is 0 Å². The van der Waals surface area contributed by atoms with Crippen LogP contribution in [0.5, 0.6) is 0 Å². The predicted octanol–water partition coefficient (Wildman–Crippen LogP) is 13.8. The van der Waals surface area contributed by atoms with E-state index in [1.807, 2.05) is 31.2 Å². The minimum absolute atomic E-state index is 0.0946. The van der Waals surface area contributed by atoms with Crippen LogP contribution < -0.4 is 10.6 Å². The molecule has 1 heterocycles. The molecule has 1 amide bonds. The molecule has 2 unspecified atom stereocenters. The van der Waals surface area contributed by atoms with E-state index in [0.29, 0.717) is 26.9 Å². The Morgan fingerprint density at radius 2 is 1.18 bits per heavy atom. The second kappa shape index (κ2) is 15.5. The van der Waals surface area contributed by atoms with Gasteiger partial charge in [0.05, 0.1) is 21.4 Å². The maximum atomic E-state index is 14.1. The lowest BCUT2D eigenvalue weighted by molar-refractivity contribution is -0.125. The van der Waals surface area contributed by atoms with E-state index in [1.54, 1.807) is 21.6 Å². The second-order valence-electron chi connectivity index (χ2n) is 14.3. The Labute approximate surface area is 294 Å². The summed E-state index contributed by atoms with van der Waals surface area (Å²) in [5.74, 6) is 1.52. The van der Waals surface area contributed by atoms with Gasteiger partial charge in [-0.15, -0.1) is 0 Å². The summed E-state index contributed by atoms with van der Waals surface area (Å²) in [5.41, 5.74) is 3.58. The number of rotatable bonds is 0. The van der Waals surface area contributed by atoms with E-state index in [-0.39, 0.29) is 16.7 Å². The van der Waals surface area contributed by atoms with Crippen molar-refractivity contribution >= 4 is 73.7 Å². The molecule has 3 nitrogen and oxygen atoms in total. The van der Waals surface area contributed by atoms with Crippen LogP contribution in [0.2, 0.25) is 15.1 Å². The van der Waals surface area contributed by atoms with E-state index < -0.39 is 0 Å². The summed E-state index contributed by atoms with van der Waals surface area (Å²) in [6.45, 7) is 11.5. The van der Waals surface area contributed by atoms with Crippen molar-refractivity contribution in [2.75, 3.05) is 10.6 Å². The van der Waals surface area contributed by atoms with Crippen LogP contribution in [0.4, 0.5) is 11.4 Å². The number of amides is 1. The Morgan fingerprint density at radius 1 is 0.667 bits per heavy atom. The van der Waals surface area contributed by atoms with Crippen LogP contribution in [0.15, 0.2) is 46.3 Å². The van der Waals surface area contributed by atoms with E-state index in [4.69, 9.17) is 34.8 Å². The summed E-state index contributed by atoms with van der Waals surface area (Å²) in [6, 6.07) is 7.85. The summed E-state index contributed by atoms with van der Waals surface area (Å²) in [5, 5.41) is 8.83. The Hall–Kier alpha value is -0.980. The number of carbonyl (C=O) groups excluding carboxylic acids is 1. The van der Waals surface area contributed by atoms with Gasteiger partial charge in [0.25, 0.3) is 0 Å². The molecule has 2 saturated carbocycles. The number of hydrogen-bond acceptors (Lipinski definition) is 4. The predicted molar refractivity (Wildman–Crippen MR) is 198 cm³/mol. The lowest BCUT2D eigenvalue weighted by Gasteiger charge is -2.34. The zero-order valence-corrected chi connectivity index (χ0v) is 31.0. The quantitative estimate of drug-likeness (QED) is 0.267. The third-order valence-electron chi connectivity index (χ3n) is 10.9. The van der Waals surface area contributed by atoms with E-state index in [1.165, 1.54) is 51.4 Å². The van der Waals surface area contributed by atoms with Gasteiger partial charge in [-0.05, 0) is 93.5 Å². The van der Waals surface area contributed by atoms with E-state index in [2.05, 4.69) is 31.1 Å². The van der Waals surface area contributed by atoms with Crippen LogP contribution in [0.3, 0.4) is 0 Å². The second-order valence-corrected chi connectivity index (χ2v) is 17.7. The first-order chi connectivity index (χ1) is 21.5. The highest BCUT2D eigenvalue weighted by Gasteiger charge is 2.41. The minimum atomic E-state index is -0.287. The molecule has 3 aliphatic rings. The van der Waals surface area contributed by atoms with Crippen LogP contribution in [-0.4, -0.2) is 5.91 Å². The number of hydrogen-bond donors (Lipinski definition) is 2. The topological polar surface area (TPSA) is 41.1 Å². The molecule has 0 bridgehead atoms. The molecule has 0 aromatic heterocycles. The van der Waals surface area contributed by atoms with Gasteiger partial charge in [-0.3, -0.25) is 4.79 Å². The molecule has 2 aromatic rings. The molecule has 2 aliphatic carbocycles. The lowest BCUT2D eigenvalue weighted by Crippen LogP contribution is -2.34. The van der Waals surface area contributed by atoms with E-state index in [0.717, 1.165) is 77.4 Å². The van der Waals surface area contributed by atoms with Crippen molar-refractivity contribution in [3.8, 4) is 0 Å². The largest absolute Gasteiger partial charge is 0.358 e. The molecule has 2 atom stereocenters. The number of benzene rings is 2. The maximum Gasteiger partial charge on any atom is 0.230 e. The summed E-state index contributed by atoms with van der Waals surface area (Å²) >= 11 is 19.8. The third kappa shape index (κ3) is 8.55. The number of anilines is 2. The fourth-order valence-electron chi connectivity index (χ4n) is 7.73. The van der Waals surface area contributed by atoms with Gasteiger partial charge >= 0.3 is 0 Å². The van der Waals surface area contributed by atoms with Gasteiger partial charge in [0, 0.05) is 31.3 Å². The Bertz CT molecular complexity index is 1380. The van der Waals surface area contributed by atoms with Crippen molar-refractivity contribution in [1.29, 1.82) is 0 Å². The number of halogens is 3. The lowest BCUT2D eigenvalue weighted by atomic mass is 9.76. The summed E-state index contributed by atoms with van der Waals surface area (Å²) in [4.78, 5) is 16.0. The van der Waals surface area contributed by atoms with Crippen molar-refractivity contribution in [3.63, 3.8) is 0 Å². The minimum Gasteiger partial charge on any atom is -0.358 e. The number of fused-ring (bicyclic) bond motifs is 2. The molecule has 246 valence electrons. The number of nitrogens with one attached hydrogen (secondary N) is 2. The van der Waals surface area contributed by atoms with Crippen molar-refractivity contribution in [2.45, 2.75) is 127 Å². The first-order valence-corrected chi connectivity index (χ1v) is 20.2. The van der Waals surface area contributed by atoms with Gasteiger partial charge in [0.15, 0.2) is 0 Å². The van der Waals surface area contributed by atoms with E-state index in [9.17, 15) is 4.79 Å². The highest BCUT2D eigenvalue weighted by atomic mass is 35.5. The standard InChI is InChI=1S/C37H49Cl3N2OS2/c1-24-10-9-18-37(16-7-8-17-37)35(43)42-31-20-26(3)28(38)22-33(31)44-45-34-23-30(40)29(39)21-32(34)41-27(4)36(14-5-6-15-36)19-13-25(2)12-11-24/h20-25,41H,4-19H2,1-3H3,(H,42,43). The molecule has 2 fully saturated rings. The van der Waals surface area contributed by atoms with Gasteiger partial charge in [0.2, 0.25) is 5.91 Å². The summed E-state index contributed by atoms with van der Waals surface area (Å²) < 4.78 is 0. The van der Waals surface area contributed by atoms with Crippen LogP contribution in [-0.2, 0) is 4.79 Å². The molecular weight excluding hydrogens is 659 g/mol. The Balaban J connectivity index is 1.48. The zero-order valence-electron chi connectivity index (χ0n) is 27.1. The van der Waals surface area contributed by atoms with Crippen LogP contribution >= 0.6 is 56.4 Å². The number of allylic oxidation sites excluding steroid dienone is 1. The van der Waals surface area contributed by atoms with Gasteiger partial charge in [-0.25, -0.2) is 0 Å². The van der Waals surface area contributed by atoms with Gasteiger partial charge < -0.3 is 10.6 Å². The van der Waals surface area contributed by atoms with Crippen molar-refractivity contribution in [1.82, 2.24) is 0 Å². The van der Waals surface area contributed by atoms with E-state index >= 15 is 0 Å². The van der Waals surface area contributed by atoms with Crippen molar-refractivity contribution in [3.05, 3.63) is 57.2 Å². The van der Waals surface area contributed by atoms with Gasteiger partial charge in [-0.1, -0.05) is 128 Å². The highest BCUT2D eigenvalue weighted by molar-refractivity contribution is 8.76. The zero-order chi connectivity index (χ0) is 32.2. The number of carbonyl (C=O) groups is 1. The maximum absolute atomic E-state index is 14.1.